The Balaban J connectivity index is 2.04. The Labute approximate surface area is 171 Å². The van der Waals surface area contributed by atoms with Gasteiger partial charge in [0.1, 0.15) is 5.75 Å². The number of para-hydroxylation sites is 1. The Morgan fingerprint density at radius 1 is 1.03 bits per heavy atom. The second-order valence-corrected chi connectivity index (χ2v) is 8.66. The number of benzene rings is 2. The lowest BCUT2D eigenvalue weighted by molar-refractivity contribution is -0.141. The summed E-state index contributed by atoms with van der Waals surface area (Å²) in [6.07, 6.45) is -3.67. The van der Waals surface area contributed by atoms with Crippen LogP contribution in [0.15, 0.2) is 53.4 Å². The predicted molar refractivity (Wildman–Crippen MR) is 106 cm³/mol. The van der Waals surface area contributed by atoms with Crippen molar-refractivity contribution in [1.29, 1.82) is 0 Å². The maximum Gasteiger partial charge on any atom is 0.433 e. The van der Waals surface area contributed by atoms with Crippen molar-refractivity contribution < 1.29 is 26.7 Å². The molecule has 0 bridgehead atoms. The third-order valence-corrected chi connectivity index (χ3v) is 5.53. The molecule has 0 aliphatic carbocycles. The number of alkyl halides is 3. The van der Waals surface area contributed by atoms with Crippen LogP contribution in [0.25, 0.3) is 11.3 Å². The number of hydrogen-bond donors (Lipinski definition) is 2. The maximum atomic E-state index is 13.5. The summed E-state index contributed by atoms with van der Waals surface area (Å²) in [4.78, 5) is 7.85. The van der Waals surface area contributed by atoms with Gasteiger partial charge in [-0.05, 0) is 25.1 Å². The van der Waals surface area contributed by atoms with E-state index < -0.39 is 21.7 Å². The number of hydrogen-bond acceptors (Lipinski definition) is 6. The number of nitrogens with one attached hydrogen (secondary N) is 1. The molecule has 0 unspecified atom stereocenters. The number of rotatable bonds is 5. The highest BCUT2D eigenvalue weighted by molar-refractivity contribution is 7.90. The normalized spacial score (nSPS) is 12.0. The van der Waals surface area contributed by atoms with Gasteiger partial charge < -0.3 is 10.4 Å². The first-order chi connectivity index (χ1) is 14.0. The van der Waals surface area contributed by atoms with E-state index in [4.69, 9.17) is 0 Å². The second-order valence-electron chi connectivity index (χ2n) is 6.65. The molecule has 0 fully saturated rings. The quantitative estimate of drug-likeness (QED) is 0.622. The monoisotopic (exact) mass is 437 g/mol. The van der Waals surface area contributed by atoms with E-state index in [1.807, 2.05) is 0 Å². The van der Waals surface area contributed by atoms with Crippen LogP contribution in [0, 0.1) is 6.92 Å². The SMILES string of the molecule is Cc1c(-c2ccc(S(C)(=O)=O)cc2)nc(NCc2ccccc2O)nc1C(F)(F)F. The van der Waals surface area contributed by atoms with Gasteiger partial charge in [-0.3, -0.25) is 0 Å². The molecule has 0 saturated heterocycles. The fourth-order valence-electron chi connectivity index (χ4n) is 2.85. The molecule has 0 saturated carbocycles. The van der Waals surface area contributed by atoms with Crippen molar-refractivity contribution in [2.75, 3.05) is 11.6 Å². The highest BCUT2D eigenvalue weighted by Crippen LogP contribution is 2.35. The molecule has 0 aliphatic heterocycles. The first-order valence-electron chi connectivity index (χ1n) is 8.74. The van der Waals surface area contributed by atoms with Crippen LogP contribution in [-0.4, -0.2) is 29.7 Å². The van der Waals surface area contributed by atoms with Crippen LogP contribution >= 0.6 is 0 Å². The lowest BCUT2D eigenvalue weighted by Crippen LogP contribution is -2.15. The zero-order valence-electron chi connectivity index (χ0n) is 16.0. The van der Waals surface area contributed by atoms with E-state index in [1.165, 1.54) is 37.3 Å². The van der Waals surface area contributed by atoms with Crippen molar-refractivity contribution in [2.24, 2.45) is 0 Å². The van der Waals surface area contributed by atoms with E-state index >= 15 is 0 Å². The van der Waals surface area contributed by atoms with E-state index in [9.17, 15) is 26.7 Å². The van der Waals surface area contributed by atoms with Gasteiger partial charge in [0.25, 0.3) is 0 Å². The number of anilines is 1. The molecule has 2 N–H and O–H groups in total. The van der Waals surface area contributed by atoms with Gasteiger partial charge in [-0.1, -0.05) is 30.3 Å². The molecule has 3 aromatic rings. The summed E-state index contributed by atoms with van der Waals surface area (Å²) in [6, 6.07) is 11.8. The van der Waals surface area contributed by atoms with Crippen molar-refractivity contribution in [3.8, 4) is 17.0 Å². The molecular formula is C20H18F3N3O3S. The molecule has 0 spiro atoms. The number of aromatic hydroxyl groups is 1. The minimum Gasteiger partial charge on any atom is -0.508 e. The summed E-state index contributed by atoms with van der Waals surface area (Å²) in [5.41, 5.74) is -0.466. The predicted octanol–water partition coefficient (Wildman–Crippen LogP) is 4.19. The molecule has 158 valence electrons. The van der Waals surface area contributed by atoms with Crippen LogP contribution in [0.5, 0.6) is 5.75 Å². The van der Waals surface area contributed by atoms with Gasteiger partial charge in [-0.15, -0.1) is 0 Å². The molecule has 1 heterocycles. The number of nitrogens with zero attached hydrogens (tertiary/aromatic N) is 2. The van der Waals surface area contributed by atoms with Crippen LogP contribution in [0.4, 0.5) is 19.1 Å². The van der Waals surface area contributed by atoms with Crippen LogP contribution in [0.1, 0.15) is 16.8 Å². The molecule has 0 radical (unpaired) electrons. The van der Waals surface area contributed by atoms with E-state index in [2.05, 4.69) is 15.3 Å². The highest BCUT2D eigenvalue weighted by atomic mass is 32.2. The van der Waals surface area contributed by atoms with Gasteiger partial charge in [-0.25, -0.2) is 18.4 Å². The van der Waals surface area contributed by atoms with E-state index in [0.29, 0.717) is 11.1 Å². The summed E-state index contributed by atoms with van der Waals surface area (Å²) >= 11 is 0. The topological polar surface area (TPSA) is 92.2 Å². The maximum absolute atomic E-state index is 13.5. The summed E-state index contributed by atoms with van der Waals surface area (Å²) in [6.45, 7) is 1.27. The molecule has 3 rings (SSSR count). The number of halogens is 3. The molecule has 10 heteroatoms. The standard InChI is InChI=1S/C20H18F3N3O3S/c1-12-17(13-7-9-15(10-8-13)30(2,28)29)25-19(26-18(12)20(21,22)23)24-11-14-5-3-4-6-16(14)27/h3-10,27H,11H2,1-2H3,(H,24,25,26). The average molecular weight is 437 g/mol. The molecule has 2 aromatic carbocycles. The minimum absolute atomic E-state index is 0.00950. The Hall–Kier alpha value is -3.14. The first-order valence-corrected chi connectivity index (χ1v) is 10.6. The number of sulfone groups is 1. The lowest BCUT2D eigenvalue weighted by atomic mass is 10.1. The largest absolute Gasteiger partial charge is 0.508 e. The number of aromatic nitrogens is 2. The Morgan fingerprint density at radius 3 is 2.23 bits per heavy atom. The van der Waals surface area contributed by atoms with Crippen LogP contribution in [-0.2, 0) is 22.6 Å². The lowest BCUT2D eigenvalue weighted by Gasteiger charge is -2.16. The minimum atomic E-state index is -4.71. The van der Waals surface area contributed by atoms with E-state index in [0.717, 1.165) is 6.26 Å². The molecular weight excluding hydrogens is 419 g/mol. The third-order valence-electron chi connectivity index (χ3n) is 4.40. The Bertz CT molecular complexity index is 1180. The van der Waals surface area contributed by atoms with E-state index in [-0.39, 0.29) is 34.4 Å². The van der Waals surface area contributed by atoms with Gasteiger partial charge in [0.2, 0.25) is 5.95 Å². The summed E-state index contributed by atoms with van der Waals surface area (Å²) in [5.74, 6) is -0.275. The van der Waals surface area contributed by atoms with Crippen LogP contribution in [0.2, 0.25) is 0 Å². The van der Waals surface area contributed by atoms with Crippen LogP contribution in [0.3, 0.4) is 0 Å². The third kappa shape index (κ3) is 4.70. The summed E-state index contributed by atoms with van der Waals surface area (Å²) < 4.78 is 63.9. The molecule has 6 nitrogen and oxygen atoms in total. The van der Waals surface area contributed by atoms with Gasteiger partial charge in [-0.2, -0.15) is 13.2 Å². The zero-order valence-corrected chi connectivity index (χ0v) is 16.8. The molecule has 0 aliphatic rings. The van der Waals surface area contributed by atoms with Gasteiger partial charge in [0, 0.05) is 29.5 Å². The van der Waals surface area contributed by atoms with Crippen molar-refractivity contribution in [3.63, 3.8) is 0 Å². The van der Waals surface area contributed by atoms with Gasteiger partial charge >= 0.3 is 6.18 Å². The first kappa shape index (κ1) is 21.6. The Kier molecular flexibility index (Phi) is 5.71. The number of phenolic OH excluding ortho intramolecular Hbond substituents is 1. The molecule has 0 amide bonds. The van der Waals surface area contributed by atoms with Crippen molar-refractivity contribution in [2.45, 2.75) is 24.5 Å². The average Bonchev–Trinajstić information content (AvgIpc) is 2.67. The van der Waals surface area contributed by atoms with Crippen molar-refractivity contribution in [1.82, 2.24) is 9.97 Å². The molecule has 30 heavy (non-hydrogen) atoms. The fourth-order valence-corrected chi connectivity index (χ4v) is 3.48. The smallest absolute Gasteiger partial charge is 0.433 e. The second kappa shape index (κ2) is 7.94. The summed E-state index contributed by atoms with van der Waals surface area (Å²) in [5, 5.41) is 12.5. The zero-order chi connectivity index (χ0) is 22.1. The summed E-state index contributed by atoms with van der Waals surface area (Å²) in [7, 11) is -3.44. The molecule has 1 aromatic heterocycles. The van der Waals surface area contributed by atoms with E-state index in [1.54, 1.807) is 18.2 Å². The van der Waals surface area contributed by atoms with Gasteiger partial charge in [0.05, 0.1) is 10.6 Å². The highest BCUT2D eigenvalue weighted by Gasteiger charge is 2.36. The molecule has 0 atom stereocenters. The van der Waals surface area contributed by atoms with Crippen molar-refractivity contribution >= 4 is 15.8 Å². The van der Waals surface area contributed by atoms with Gasteiger partial charge in [0.15, 0.2) is 15.5 Å². The number of phenols is 1. The van der Waals surface area contributed by atoms with Crippen molar-refractivity contribution in [3.05, 3.63) is 65.4 Å². The van der Waals surface area contributed by atoms with Crippen LogP contribution < -0.4 is 5.32 Å². The fraction of sp³-hybridized carbons (Fsp3) is 0.200. The Morgan fingerprint density at radius 2 is 1.67 bits per heavy atom.